The first kappa shape index (κ1) is 12.0. The molecule has 1 aliphatic rings. The minimum absolute atomic E-state index is 0.0506. The highest BCUT2D eigenvalue weighted by atomic mass is 16.7. The molecular weight excluding hydrogens is 178 g/mol. The van der Waals surface area contributed by atoms with E-state index in [9.17, 15) is 0 Å². The van der Waals surface area contributed by atoms with Gasteiger partial charge in [0, 0.05) is 13.0 Å². The van der Waals surface area contributed by atoms with Gasteiger partial charge in [0.1, 0.15) is 0 Å². The Morgan fingerprint density at radius 1 is 1.14 bits per heavy atom. The summed E-state index contributed by atoms with van der Waals surface area (Å²) in [4.78, 5) is 2.45. The third-order valence-corrected chi connectivity index (χ3v) is 2.56. The molecule has 0 aromatic rings. The van der Waals surface area contributed by atoms with Crippen molar-refractivity contribution >= 4 is 0 Å². The van der Waals surface area contributed by atoms with E-state index in [-0.39, 0.29) is 6.29 Å². The van der Waals surface area contributed by atoms with Crippen LogP contribution in [0.5, 0.6) is 0 Å². The molecule has 0 bridgehead atoms. The van der Waals surface area contributed by atoms with Crippen molar-refractivity contribution in [1.82, 2.24) is 4.90 Å². The first-order valence-corrected chi connectivity index (χ1v) is 5.82. The van der Waals surface area contributed by atoms with Crippen LogP contribution >= 0.6 is 0 Å². The Morgan fingerprint density at radius 3 is 2.43 bits per heavy atom. The van der Waals surface area contributed by atoms with Gasteiger partial charge in [-0.15, -0.1) is 0 Å². The molecule has 0 atom stereocenters. The predicted molar refractivity (Wildman–Crippen MR) is 57.3 cm³/mol. The second kappa shape index (κ2) is 7.21. The quantitative estimate of drug-likeness (QED) is 0.655. The molecule has 1 aliphatic heterocycles. The van der Waals surface area contributed by atoms with Crippen LogP contribution in [0.15, 0.2) is 0 Å². The van der Waals surface area contributed by atoms with Gasteiger partial charge < -0.3 is 14.4 Å². The molecule has 0 N–H and O–H groups in total. The molecule has 84 valence electrons. The zero-order valence-electron chi connectivity index (χ0n) is 9.50. The summed E-state index contributed by atoms with van der Waals surface area (Å²) in [6.07, 6.45) is 3.33. The Kier molecular flexibility index (Phi) is 6.15. The number of nitrogens with zero attached hydrogens (tertiary/aromatic N) is 1. The Morgan fingerprint density at radius 2 is 1.86 bits per heavy atom. The second-order valence-electron chi connectivity index (χ2n) is 3.75. The van der Waals surface area contributed by atoms with Gasteiger partial charge in [-0.2, -0.15) is 0 Å². The summed E-state index contributed by atoms with van der Waals surface area (Å²) in [6.45, 7) is 9.56. The fourth-order valence-corrected chi connectivity index (χ4v) is 1.74. The molecule has 1 fully saturated rings. The van der Waals surface area contributed by atoms with Crippen molar-refractivity contribution in [2.75, 3.05) is 32.8 Å². The van der Waals surface area contributed by atoms with Crippen LogP contribution in [-0.2, 0) is 9.47 Å². The molecular formula is C11H23NO2. The summed E-state index contributed by atoms with van der Waals surface area (Å²) >= 11 is 0. The molecule has 14 heavy (non-hydrogen) atoms. The molecule has 3 nitrogen and oxygen atoms in total. The van der Waals surface area contributed by atoms with E-state index in [0.717, 1.165) is 39.1 Å². The minimum Gasteiger partial charge on any atom is -0.353 e. The zero-order valence-corrected chi connectivity index (χ0v) is 9.50. The molecule has 0 aromatic carbocycles. The summed E-state index contributed by atoms with van der Waals surface area (Å²) in [5, 5.41) is 0. The van der Waals surface area contributed by atoms with Crippen LogP contribution in [0, 0.1) is 0 Å². The highest BCUT2D eigenvalue weighted by molar-refractivity contribution is 4.58. The Bertz CT molecular complexity index is 130. The number of hydrogen-bond donors (Lipinski definition) is 0. The van der Waals surface area contributed by atoms with Crippen molar-refractivity contribution in [1.29, 1.82) is 0 Å². The topological polar surface area (TPSA) is 21.7 Å². The molecule has 0 amide bonds. The van der Waals surface area contributed by atoms with E-state index >= 15 is 0 Å². The Labute approximate surface area is 87.4 Å². The summed E-state index contributed by atoms with van der Waals surface area (Å²) in [6, 6.07) is 0. The number of ether oxygens (including phenoxy) is 2. The molecule has 1 heterocycles. The normalized spacial score (nSPS) is 19.1. The first-order valence-electron chi connectivity index (χ1n) is 5.82. The van der Waals surface area contributed by atoms with Crippen LogP contribution in [0.3, 0.4) is 0 Å². The average Bonchev–Trinajstić information content (AvgIpc) is 2.25. The van der Waals surface area contributed by atoms with E-state index in [1.165, 1.54) is 13.0 Å². The fraction of sp³-hybridized carbons (Fsp3) is 1.00. The monoisotopic (exact) mass is 201 g/mol. The summed E-state index contributed by atoms with van der Waals surface area (Å²) in [5.41, 5.74) is 0. The number of hydrogen-bond acceptors (Lipinski definition) is 3. The summed E-state index contributed by atoms with van der Waals surface area (Å²) < 4.78 is 11.0. The maximum atomic E-state index is 5.50. The van der Waals surface area contributed by atoms with Gasteiger partial charge in [-0.25, -0.2) is 0 Å². The lowest BCUT2D eigenvalue weighted by atomic mass is 10.3. The van der Waals surface area contributed by atoms with E-state index in [4.69, 9.17) is 9.47 Å². The van der Waals surface area contributed by atoms with Crippen LogP contribution in [-0.4, -0.2) is 44.0 Å². The largest absolute Gasteiger partial charge is 0.353 e. The van der Waals surface area contributed by atoms with Crippen molar-refractivity contribution in [2.24, 2.45) is 0 Å². The molecule has 0 aliphatic carbocycles. The molecule has 1 rings (SSSR count). The molecule has 0 spiro atoms. The lowest BCUT2D eigenvalue weighted by Crippen LogP contribution is -2.32. The van der Waals surface area contributed by atoms with E-state index in [1.807, 2.05) is 0 Å². The van der Waals surface area contributed by atoms with Crippen molar-refractivity contribution in [2.45, 2.75) is 39.4 Å². The van der Waals surface area contributed by atoms with E-state index in [2.05, 4.69) is 18.7 Å². The molecule has 3 heteroatoms. The molecule has 0 unspecified atom stereocenters. The second-order valence-corrected chi connectivity index (χ2v) is 3.75. The van der Waals surface area contributed by atoms with Crippen molar-refractivity contribution < 1.29 is 9.47 Å². The van der Waals surface area contributed by atoms with Gasteiger partial charge in [-0.1, -0.05) is 13.8 Å². The predicted octanol–water partition coefficient (Wildman–Crippen LogP) is 1.87. The minimum atomic E-state index is 0.0506. The Balaban J connectivity index is 2.10. The smallest absolute Gasteiger partial charge is 0.158 e. The average molecular weight is 201 g/mol. The van der Waals surface area contributed by atoms with Gasteiger partial charge in [-0.3, -0.25) is 0 Å². The van der Waals surface area contributed by atoms with Crippen LogP contribution < -0.4 is 0 Å². The maximum Gasteiger partial charge on any atom is 0.158 e. The zero-order chi connectivity index (χ0) is 10.2. The van der Waals surface area contributed by atoms with Gasteiger partial charge in [0.05, 0.1) is 13.2 Å². The number of rotatable bonds is 6. The molecule has 0 radical (unpaired) electrons. The van der Waals surface area contributed by atoms with E-state index < -0.39 is 0 Å². The maximum absolute atomic E-state index is 5.50. The third kappa shape index (κ3) is 4.40. The molecule has 0 aromatic heterocycles. The lowest BCUT2D eigenvalue weighted by Gasteiger charge is -2.26. The van der Waals surface area contributed by atoms with Gasteiger partial charge in [-0.05, 0) is 25.9 Å². The van der Waals surface area contributed by atoms with Gasteiger partial charge in [0.15, 0.2) is 6.29 Å². The molecule has 0 saturated carbocycles. The highest BCUT2D eigenvalue weighted by Crippen LogP contribution is 2.09. The van der Waals surface area contributed by atoms with Gasteiger partial charge in [0.2, 0.25) is 0 Å². The fourth-order valence-electron chi connectivity index (χ4n) is 1.74. The van der Waals surface area contributed by atoms with E-state index in [1.54, 1.807) is 0 Å². The molecule has 1 saturated heterocycles. The first-order chi connectivity index (χ1) is 6.86. The van der Waals surface area contributed by atoms with Crippen LogP contribution in [0.4, 0.5) is 0 Å². The summed E-state index contributed by atoms with van der Waals surface area (Å²) in [7, 11) is 0. The van der Waals surface area contributed by atoms with Crippen molar-refractivity contribution in [3.8, 4) is 0 Å². The van der Waals surface area contributed by atoms with Gasteiger partial charge in [0.25, 0.3) is 0 Å². The van der Waals surface area contributed by atoms with Gasteiger partial charge >= 0.3 is 0 Å². The van der Waals surface area contributed by atoms with Crippen LogP contribution in [0.1, 0.15) is 33.1 Å². The van der Waals surface area contributed by atoms with Crippen LogP contribution in [0.2, 0.25) is 0 Å². The summed E-state index contributed by atoms with van der Waals surface area (Å²) in [5.74, 6) is 0. The third-order valence-electron chi connectivity index (χ3n) is 2.56. The standard InChI is InChI=1S/C11H23NO2/c1-3-7-12(4-2)8-6-11-13-9-5-10-14-11/h11H,3-10H2,1-2H3. The SMILES string of the molecule is CCCN(CC)CCC1OCCCO1. The van der Waals surface area contributed by atoms with E-state index in [0.29, 0.717) is 0 Å². The highest BCUT2D eigenvalue weighted by Gasteiger charge is 2.14. The van der Waals surface area contributed by atoms with Crippen LogP contribution in [0.25, 0.3) is 0 Å². The van der Waals surface area contributed by atoms with Crippen molar-refractivity contribution in [3.05, 3.63) is 0 Å². The van der Waals surface area contributed by atoms with Crippen molar-refractivity contribution in [3.63, 3.8) is 0 Å². The Hall–Kier alpha value is -0.120. The lowest BCUT2D eigenvalue weighted by molar-refractivity contribution is -0.182.